The molecule has 6 heteroatoms. The molecule has 0 rings (SSSR count). The van der Waals surface area contributed by atoms with Gasteiger partial charge in [0, 0.05) is 19.3 Å². The number of ether oxygens (including phenoxy) is 3. The second-order valence-corrected chi connectivity index (χ2v) is 16.3. The van der Waals surface area contributed by atoms with Crippen molar-refractivity contribution in [3.63, 3.8) is 0 Å². The highest BCUT2D eigenvalue weighted by Gasteiger charge is 2.19. The van der Waals surface area contributed by atoms with Crippen molar-refractivity contribution < 1.29 is 28.6 Å². The molecule has 0 amide bonds. The molecule has 0 aromatic heterocycles. The van der Waals surface area contributed by atoms with Crippen LogP contribution in [0.2, 0.25) is 0 Å². The van der Waals surface area contributed by atoms with Gasteiger partial charge in [-0.2, -0.15) is 0 Å². The van der Waals surface area contributed by atoms with Gasteiger partial charge >= 0.3 is 17.9 Å². The molecule has 0 aliphatic carbocycles. The molecule has 0 fully saturated rings. The molecular formula is C55H92O6. The molecule has 0 aliphatic heterocycles. The number of carbonyl (C=O) groups excluding carboxylic acids is 3. The van der Waals surface area contributed by atoms with E-state index in [2.05, 4.69) is 106 Å². The maximum absolute atomic E-state index is 12.7. The van der Waals surface area contributed by atoms with E-state index in [0.717, 1.165) is 141 Å². The summed E-state index contributed by atoms with van der Waals surface area (Å²) in [4.78, 5) is 37.8. The van der Waals surface area contributed by atoms with E-state index >= 15 is 0 Å². The lowest BCUT2D eigenvalue weighted by Crippen LogP contribution is -2.30. The monoisotopic (exact) mass is 849 g/mol. The van der Waals surface area contributed by atoms with Crippen molar-refractivity contribution in [3.8, 4) is 0 Å². The molecule has 0 N–H and O–H groups in total. The van der Waals surface area contributed by atoms with E-state index in [-0.39, 0.29) is 31.1 Å². The van der Waals surface area contributed by atoms with Crippen LogP contribution in [0, 0.1) is 0 Å². The van der Waals surface area contributed by atoms with Crippen LogP contribution in [0.1, 0.15) is 226 Å². The second kappa shape index (κ2) is 49.2. The summed E-state index contributed by atoms with van der Waals surface area (Å²) in [6, 6.07) is 0. The Morgan fingerprint density at radius 2 is 0.672 bits per heavy atom. The first kappa shape index (κ1) is 57.6. The van der Waals surface area contributed by atoms with E-state index in [4.69, 9.17) is 14.2 Å². The minimum atomic E-state index is -0.791. The van der Waals surface area contributed by atoms with Crippen LogP contribution in [0.3, 0.4) is 0 Å². The standard InChI is InChI=1S/C55H92O6/c1-4-7-10-13-16-19-22-24-25-26-27-28-29-30-31-32-34-36-39-42-45-48-54(57)60-51-52(50-59-53(56)47-44-41-38-35-21-18-15-12-9-6-3)61-55(58)49-46-43-40-37-33-23-20-17-14-11-8-5-2/h7,10,12,15-17,19-20,24-25,27-28,30-31,52H,4-6,8-9,11,13-14,18,21-23,26,29,32-51H2,1-3H3/b10-7-,15-12-,19-16-,20-17-,25-24-,28-27-,31-30-. The largest absolute Gasteiger partial charge is 0.462 e. The fourth-order valence-electron chi connectivity index (χ4n) is 6.58. The van der Waals surface area contributed by atoms with Crippen LogP contribution in [0.25, 0.3) is 0 Å². The molecule has 6 nitrogen and oxygen atoms in total. The maximum Gasteiger partial charge on any atom is 0.306 e. The number of rotatable bonds is 44. The first-order valence-electron chi connectivity index (χ1n) is 25.1. The minimum absolute atomic E-state index is 0.0915. The molecule has 0 saturated heterocycles. The van der Waals surface area contributed by atoms with Crippen LogP contribution in [0.5, 0.6) is 0 Å². The zero-order valence-corrected chi connectivity index (χ0v) is 39.7. The summed E-state index contributed by atoms with van der Waals surface area (Å²) in [5.41, 5.74) is 0. The molecule has 0 saturated carbocycles. The van der Waals surface area contributed by atoms with Crippen molar-refractivity contribution in [2.45, 2.75) is 232 Å². The van der Waals surface area contributed by atoms with Gasteiger partial charge in [-0.15, -0.1) is 0 Å². The van der Waals surface area contributed by atoms with Gasteiger partial charge in [-0.3, -0.25) is 14.4 Å². The van der Waals surface area contributed by atoms with Crippen molar-refractivity contribution in [2.75, 3.05) is 13.2 Å². The molecule has 348 valence electrons. The first-order chi connectivity index (χ1) is 30.0. The molecule has 1 unspecified atom stereocenters. The summed E-state index contributed by atoms with van der Waals surface area (Å²) in [7, 11) is 0. The van der Waals surface area contributed by atoms with Crippen molar-refractivity contribution in [1.82, 2.24) is 0 Å². The molecule has 0 heterocycles. The van der Waals surface area contributed by atoms with Crippen LogP contribution >= 0.6 is 0 Å². The van der Waals surface area contributed by atoms with E-state index in [9.17, 15) is 14.4 Å². The zero-order chi connectivity index (χ0) is 44.4. The Labute approximate surface area is 375 Å². The van der Waals surface area contributed by atoms with Crippen molar-refractivity contribution in [3.05, 3.63) is 85.1 Å². The lowest BCUT2D eigenvalue weighted by atomic mass is 10.1. The van der Waals surface area contributed by atoms with Crippen molar-refractivity contribution in [1.29, 1.82) is 0 Å². The first-order valence-corrected chi connectivity index (χ1v) is 25.1. The van der Waals surface area contributed by atoms with E-state index in [1.807, 2.05) is 0 Å². The predicted molar refractivity (Wildman–Crippen MR) is 261 cm³/mol. The predicted octanol–water partition coefficient (Wildman–Crippen LogP) is 16.4. The van der Waals surface area contributed by atoms with Gasteiger partial charge in [0.2, 0.25) is 0 Å². The maximum atomic E-state index is 12.7. The lowest BCUT2D eigenvalue weighted by molar-refractivity contribution is -0.167. The van der Waals surface area contributed by atoms with E-state index < -0.39 is 6.10 Å². The van der Waals surface area contributed by atoms with Gasteiger partial charge in [-0.1, -0.05) is 183 Å². The van der Waals surface area contributed by atoms with Gasteiger partial charge in [0.15, 0.2) is 6.10 Å². The Kier molecular flexibility index (Phi) is 46.5. The number of hydrogen-bond donors (Lipinski definition) is 0. The molecule has 0 radical (unpaired) electrons. The highest BCUT2D eigenvalue weighted by Crippen LogP contribution is 2.13. The number of unbranched alkanes of at least 4 members (excludes halogenated alkanes) is 19. The Hall–Kier alpha value is -3.41. The number of esters is 3. The van der Waals surface area contributed by atoms with Gasteiger partial charge in [0.1, 0.15) is 13.2 Å². The van der Waals surface area contributed by atoms with Crippen LogP contribution in [0.4, 0.5) is 0 Å². The van der Waals surface area contributed by atoms with Gasteiger partial charge in [-0.05, 0) is 109 Å². The van der Waals surface area contributed by atoms with E-state index in [1.54, 1.807) is 0 Å². The Balaban J connectivity index is 4.37. The highest BCUT2D eigenvalue weighted by atomic mass is 16.6. The Morgan fingerprint density at radius 1 is 0.344 bits per heavy atom. The molecule has 1 atom stereocenters. The van der Waals surface area contributed by atoms with E-state index in [1.165, 1.54) is 44.9 Å². The van der Waals surface area contributed by atoms with Gasteiger partial charge in [0.25, 0.3) is 0 Å². The fraction of sp³-hybridized carbons (Fsp3) is 0.691. The normalized spacial score (nSPS) is 12.8. The lowest BCUT2D eigenvalue weighted by Gasteiger charge is -2.18. The van der Waals surface area contributed by atoms with Gasteiger partial charge < -0.3 is 14.2 Å². The minimum Gasteiger partial charge on any atom is -0.462 e. The fourth-order valence-corrected chi connectivity index (χ4v) is 6.58. The smallest absolute Gasteiger partial charge is 0.306 e. The summed E-state index contributed by atoms with van der Waals surface area (Å²) in [6.45, 7) is 6.39. The van der Waals surface area contributed by atoms with Crippen LogP contribution in [-0.2, 0) is 28.6 Å². The van der Waals surface area contributed by atoms with Crippen LogP contribution in [0.15, 0.2) is 85.1 Å². The SMILES string of the molecule is CC/C=C\C/C=C\C/C=C\C/C=C\C/C=C\CCCCCCCC(=O)OCC(COC(=O)CCCCCCC/C=C\CCC)OC(=O)CCCCCCC/C=C\CCCCC. The third-order valence-electron chi connectivity index (χ3n) is 10.3. The molecule has 0 aromatic rings. The van der Waals surface area contributed by atoms with E-state index in [0.29, 0.717) is 19.3 Å². The summed E-state index contributed by atoms with van der Waals surface area (Å²) in [6.07, 6.45) is 62.8. The Bertz CT molecular complexity index is 1200. The van der Waals surface area contributed by atoms with Gasteiger partial charge in [-0.25, -0.2) is 0 Å². The quantitative estimate of drug-likeness (QED) is 0.0263. The van der Waals surface area contributed by atoms with Gasteiger partial charge in [0.05, 0.1) is 0 Å². The number of allylic oxidation sites excluding steroid dienone is 14. The summed E-state index contributed by atoms with van der Waals surface area (Å²) in [5, 5.41) is 0. The number of hydrogen-bond acceptors (Lipinski definition) is 6. The third kappa shape index (κ3) is 47.5. The average molecular weight is 849 g/mol. The zero-order valence-electron chi connectivity index (χ0n) is 39.7. The summed E-state index contributed by atoms with van der Waals surface area (Å²) < 4.78 is 16.7. The van der Waals surface area contributed by atoms with Crippen LogP contribution < -0.4 is 0 Å². The molecule has 0 aromatic carbocycles. The molecule has 0 aliphatic rings. The summed E-state index contributed by atoms with van der Waals surface area (Å²) in [5.74, 6) is -0.934. The third-order valence-corrected chi connectivity index (χ3v) is 10.3. The molecule has 61 heavy (non-hydrogen) atoms. The van der Waals surface area contributed by atoms with Crippen molar-refractivity contribution in [2.24, 2.45) is 0 Å². The van der Waals surface area contributed by atoms with Crippen LogP contribution in [-0.4, -0.2) is 37.2 Å². The highest BCUT2D eigenvalue weighted by molar-refractivity contribution is 5.71. The average Bonchev–Trinajstić information content (AvgIpc) is 3.26. The molecule has 0 spiro atoms. The topological polar surface area (TPSA) is 78.9 Å². The Morgan fingerprint density at radius 3 is 1.08 bits per heavy atom. The molecular weight excluding hydrogens is 757 g/mol. The van der Waals surface area contributed by atoms with Crippen molar-refractivity contribution >= 4 is 17.9 Å². The second-order valence-electron chi connectivity index (χ2n) is 16.3. The summed E-state index contributed by atoms with van der Waals surface area (Å²) >= 11 is 0. The molecule has 0 bridgehead atoms. The number of carbonyl (C=O) groups is 3.